The van der Waals surface area contributed by atoms with Gasteiger partial charge in [0.25, 0.3) is 0 Å². The molecule has 1 amide bonds. The molecular weight excluding hydrogens is 168 g/mol. The van der Waals surface area contributed by atoms with Gasteiger partial charge < -0.3 is 15.8 Å². The summed E-state index contributed by atoms with van der Waals surface area (Å²) < 4.78 is 5.28. The van der Waals surface area contributed by atoms with Crippen molar-refractivity contribution in [3.63, 3.8) is 0 Å². The predicted octanol–water partition coefficient (Wildman–Crippen LogP) is 0.0189. The van der Waals surface area contributed by atoms with Crippen LogP contribution in [0.2, 0.25) is 0 Å². The van der Waals surface area contributed by atoms with Crippen LogP contribution in [0.4, 0.5) is 0 Å². The van der Waals surface area contributed by atoms with Crippen molar-refractivity contribution in [2.75, 3.05) is 13.2 Å². The highest BCUT2D eigenvalue weighted by atomic mass is 16.5. The van der Waals surface area contributed by atoms with E-state index in [-0.39, 0.29) is 11.9 Å². The Kier molecular flexibility index (Phi) is 4.18. The second-order valence-electron chi connectivity index (χ2n) is 3.54. The van der Waals surface area contributed by atoms with Gasteiger partial charge in [0.15, 0.2) is 0 Å². The lowest BCUT2D eigenvalue weighted by atomic mass is 10.1. The zero-order valence-corrected chi connectivity index (χ0v) is 8.08. The third-order valence-electron chi connectivity index (χ3n) is 2.21. The first kappa shape index (κ1) is 10.5. The third-order valence-corrected chi connectivity index (χ3v) is 2.21. The first-order valence-electron chi connectivity index (χ1n) is 4.84. The van der Waals surface area contributed by atoms with Crippen LogP contribution in [0.3, 0.4) is 0 Å². The van der Waals surface area contributed by atoms with E-state index < -0.39 is 6.04 Å². The Labute approximate surface area is 78.8 Å². The number of carbonyl (C=O) groups excluding carboxylic acids is 1. The van der Waals surface area contributed by atoms with Crippen LogP contribution >= 0.6 is 0 Å². The van der Waals surface area contributed by atoms with Crippen molar-refractivity contribution < 1.29 is 9.53 Å². The van der Waals surface area contributed by atoms with E-state index in [0.717, 1.165) is 32.5 Å². The average Bonchev–Trinajstić information content (AvgIpc) is 2.32. The summed E-state index contributed by atoms with van der Waals surface area (Å²) in [6, 6.07) is -0.162. The summed E-state index contributed by atoms with van der Waals surface area (Å²) in [6.07, 6.45) is 2.92. The van der Waals surface area contributed by atoms with Crippen LogP contribution in [0.1, 0.15) is 26.2 Å². The molecule has 1 heterocycles. The molecule has 13 heavy (non-hydrogen) atoms. The fourth-order valence-corrected chi connectivity index (χ4v) is 1.38. The third kappa shape index (κ3) is 3.74. The minimum atomic E-state index is -0.413. The molecule has 4 nitrogen and oxygen atoms in total. The van der Waals surface area contributed by atoms with Gasteiger partial charge in [-0.1, -0.05) is 0 Å². The molecule has 1 aliphatic heterocycles. The standard InChI is InChI=1S/C9H18N2O2/c1-7(10)9(12)11-8-3-2-5-13-6-4-8/h7-8H,2-6,10H2,1H3,(H,11,12). The van der Waals surface area contributed by atoms with E-state index in [1.54, 1.807) is 6.92 Å². The molecule has 1 aliphatic rings. The molecular formula is C9H18N2O2. The fraction of sp³-hybridized carbons (Fsp3) is 0.889. The molecule has 3 N–H and O–H groups in total. The summed E-state index contributed by atoms with van der Waals surface area (Å²) in [7, 11) is 0. The maximum Gasteiger partial charge on any atom is 0.236 e. The molecule has 0 aromatic carbocycles. The monoisotopic (exact) mass is 186 g/mol. The summed E-state index contributed by atoms with van der Waals surface area (Å²) in [4.78, 5) is 11.2. The Hall–Kier alpha value is -0.610. The second-order valence-corrected chi connectivity index (χ2v) is 3.54. The molecule has 2 unspecified atom stereocenters. The Morgan fingerprint density at radius 3 is 3.00 bits per heavy atom. The van der Waals surface area contributed by atoms with Crippen LogP contribution in [0.15, 0.2) is 0 Å². The molecule has 1 fully saturated rings. The van der Waals surface area contributed by atoms with Gasteiger partial charge in [-0.2, -0.15) is 0 Å². The van der Waals surface area contributed by atoms with Gasteiger partial charge >= 0.3 is 0 Å². The van der Waals surface area contributed by atoms with E-state index in [1.165, 1.54) is 0 Å². The zero-order chi connectivity index (χ0) is 9.68. The van der Waals surface area contributed by atoms with Crippen molar-refractivity contribution in [1.29, 1.82) is 0 Å². The van der Waals surface area contributed by atoms with E-state index >= 15 is 0 Å². The molecule has 0 bridgehead atoms. The van der Waals surface area contributed by atoms with Crippen molar-refractivity contribution >= 4 is 5.91 Å². The Bertz CT molecular complexity index is 163. The number of rotatable bonds is 2. The zero-order valence-electron chi connectivity index (χ0n) is 8.08. The largest absolute Gasteiger partial charge is 0.381 e. The van der Waals surface area contributed by atoms with Gasteiger partial charge in [0.2, 0.25) is 5.91 Å². The van der Waals surface area contributed by atoms with Crippen LogP contribution < -0.4 is 11.1 Å². The number of hydrogen-bond acceptors (Lipinski definition) is 3. The summed E-state index contributed by atoms with van der Waals surface area (Å²) >= 11 is 0. The molecule has 1 saturated heterocycles. The van der Waals surface area contributed by atoms with E-state index in [9.17, 15) is 4.79 Å². The highest BCUT2D eigenvalue weighted by Crippen LogP contribution is 2.07. The van der Waals surface area contributed by atoms with Crippen LogP contribution in [0.5, 0.6) is 0 Å². The van der Waals surface area contributed by atoms with Crippen LogP contribution in [0, 0.1) is 0 Å². The first-order chi connectivity index (χ1) is 6.20. The molecule has 0 saturated carbocycles. The molecule has 0 aromatic rings. The van der Waals surface area contributed by atoms with E-state index in [4.69, 9.17) is 10.5 Å². The Morgan fingerprint density at radius 1 is 1.54 bits per heavy atom. The Morgan fingerprint density at radius 2 is 2.31 bits per heavy atom. The summed E-state index contributed by atoms with van der Waals surface area (Å²) in [5, 5.41) is 2.91. The highest BCUT2D eigenvalue weighted by Gasteiger charge is 2.16. The molecule has 0 spiro atoms. The lowest BCUT2D eigenvalue weighted by molar-refractivity contribution is -0.122. The lowest BCUT2D eigenvalue weighted by Gasteiger charge is -2.16. The average molecular weight is 186 g/mol. The van der Waals surface area contributed by atoms with Gasteiger partial charge in [-0.05, 0) is 26.2 Å². The molecule has 2 atom stereocenters. The van der Waals surface area contributed by atoms with Crippen molar-refractivity contribution in [3.05, 3.63) is 0 Å². The lowest BCUT2D eigenvalue weighted by Crippen LogP contribution is -2.43. The van der Waals surface area contributed by atoms with Gasteiger partial charge in [0.05, 0.1) is 6.04 Å². The molecule has 76 valence electrons. The first-order valence-corrected chi connectivity index (χ1v) is 4.84. The molecule has 0 aliphatic carbocycles. The van der Waals surface area contributed by atoms with Gasteiger partial charge in [0, 0.05) is 19.3 Å². The maximum absolute atomic E-state index is 11.2. The quantitative estimate of drug-likeness (QED) is 0.639. The van der Waals surface area contributed by atoms with Crippen LogP contribution in [-0.4, -0.2) is 31.2 Å². The summed E-state index contributed by atoms with van der Waals surface area (Å²) in [5.74, 6) is -0.0631. The molecule has 1 rings (SSSR count). The van der Waals surface area contributed by atoms with Gasteiger partial charge in [0.1, 0.15) is 0 Å². The van der Waals surface area contributed by atoms with Crippen molar-refractivity contribution in [2.45, 2.75) is 38.3 Å². The number of nitrogens with one attached hydrogen (secondary N) is 1. The highest BCUT2D eigenvalue weighted by molar-refractivity contribution is 5.81. The Balaban J connectivity index is 2.29. The van der Waals surface area contributed by atoms with Crippen LogP contribution in [0.25, 0.3) is 0 Å². The molecule has 0 aromatic heterocycles. The van der Waals surface area contributed by atoms with Crippen molar-refractivity contribution in [2.24, 2.45) is 5.73 Å². The van der Waals surface area contributed by atoms with Gasteiger partial charge in [-0.25, -0.2) is 0 Å². The topological polar surface area (TPSA) is 64.4 Å². The number of ether oxygens (including phenoxy) is 1. The number of amides is 1. The van der Waals surface area contributed by atoms with E-state index in [2.05, 4.69) is 5.32 Å². The van der Waals surface area contributed by atoms with Gasteiger partial charge in [-0.3, -0.25) is 4.79 Å². The number of carbonyl (C=O) groups is 1. The maximum atomic E-state index is 11.2. The van der Waals surface area contributed by atoms with Crippen LogP contribution in [-0.2, 0) is 9.53 Å². The van der Waals surface area contributed by atoms with E-state index in [0.29, 0.717) is 0 Å². The SMILES string of the molecule is CC(N)C(=O)NC1CCCOCC1. The van der Waals surface area contributed by atoms with Crippen molar-refractivity contribution in [3.8, 4) is 0 Å². The van der Waals surface area contributed by atoms with Gasteiger partial charge in [-0.15, -0.1) is 0 Å². The second kappa shape index (κ2) is 5.19. The van der Waals surface area contributed by atoms with E-state index in [1.807, 2.05) is 0 Å². The fourth-order valence-electron chi connectivity index (χ4n) is 1.38. The number of nitrogens with two attached hydrogens (primary N) is 1. The number of hydrogen-bond donors (Lipinski definition) is 2. The van der Waals surface area contributed by atoms with Crippen molar-refractivity contribution in [1.82, 2.24) is 5.32 Å². The minimum absolute atomic E-state index is 0.0631. The smallest absolute Gasteiger partial charge is 0.236 e. The molecule has 4 heteroatoms. The summed E-state index contributed by atoms with van der Waals surface area (Å²) in [5.41, 5.74) is 5.45. The minimum Gasteiger partial charge on any atom is -0.381 e. The summed E-state index contributed by atoms with van der Waals surface area (Å²) in [6.45, 7) is 3.25. The normalized spacial score (nSPS) is 26.2. The molecule has 0 radical (unpaired) electrons. The predicted molar refractivity (Wildman–Crippen MR) is 50.3 cm³/mol.